The van der Waals surface area contributed by atoms with Crippen LogP contribution in [-0.2, 0) is 17.6 Å². The molecule has 1 fully saturated rings. The predicted octanol–water partition coefficient (Wildman–Crippen LogP) is 2.48. The minimum atomic E-state index is -0.832. The molecule has 0 spiro atoms. The zero-order chi connectivity index (χ0) is 26.3. The van der Waals surface area contributed by atoms with Crippen LogP contribution in [-0.4, -0.2) is 69.7 Å². The molecule has 1 amide bonds. The number of likely N-dealkylation sites (N-methyl/N-ethyl adjacent to an activating group) is 1. The van der Waals surface area contributed by atoms with E-state index in [0.717, 1.165) is 33.4 Å². The lowest BCUT2D eigenvalue weighted by molar-refractivity contribution is -0.172. The lowest BCUT2D eigenvalue weighted by Gasteiger charge is -2.60. The van der Waals surface area contributed by atoms with Gasteiger partial charge >= 0.3 is 0 Å². The second-order valence-corrected chi connectivity index (χ2v) is 10.9. The van der Waals surface area contributed by atoms with Gasteiger partial charge in [0.2, 0.25) is 12.7 Å². The first-order valence-corrected chi connectivity index (χ1v) is 13.1. The zero-order valence-corrected chi connectivity index (χ0v) is 22.0. The highest BCUT2D eigenvalue weighted by molar-refractivity contribution is 5.75. The number of aliphatic hydroxyl groups excluding tert-OH is 1. The smallest absolute Gasteiger partial charge is 0.231 e. The van der Waals surface area contributed by atoms with Gasteiger partial charge in [-0.05, 0) is 57.4 Å². The van der Waals surface area contributed by atoms with Gasteiger partial charge in [0.1, 0.15) is 17.7 Å². The van der Waals surface area contributed by atoms with Crippen LogP contribution in [0, 0.1) is 20.8 Å². The number of rotatable bonds is 3. The molecule has 1 unspecified atom stereocenters. The molecule has 0 radical (unpaired) electrons. The van der Waals surface area contributed by atoms with E-state index in [9.17, 15) is 20.1 Å². The maximum Gasteiger partial charge on any atom is 0.231 e. The molecule has 37 heavy (non-hydrogen) atoms. The highest BCUT2D eigenvalue weighted by atomic mass is 16.7. The highest BCUT2D eigenvalue weighted by Crippen LogP contribution is 2.57. The maximum absolute atomic E-state index is 12.3. The predicted molar refractivity (Wildman–Crippen MR) is 136 cm³/mol. The molecule has 1 saturated heterocycles. The molecule has 4 aliphatic heterocycles. The molecule has 0 aliphatic carbocycles. The van der Waals surface area contributed by atoms with Crippen molar-refractivity contribution in [2.24, 2.45) is 0 Å². The normalized spacial score (nSPS) is 27.9. The van der Waals surface area contributed by atoms with Crippen molar-refractivity contribution in [3.8, 4) is 23.0 Å². The number of aromatic hydroxyl groups is 2. The van der Waals surface area contributed by atoms with E-state index in [-0.39, 0.29) is 43.1 Å². The van der Waals surface area contributed by atoms with Crippen LogP contribution >= 0.6 is 0 Å². The first kappa shape index (κ1) is 24.3. The fraction of sp³-hybridized carbons (Fsp3) is 0.536. The topological polar surface area (TPSA) is 115 Å². The first-order valence-electron chi connectivity index (χ1n) is 13.1. The van der Waals surface area contributed by atoms with Gasteiger partial charge in [0.15, 0.2) is 11.5 Å². The van der Waals surface area contributed by atoms with Gasteiger partial charge in [0.05, 0.1) is 18.1 Å². The summed E-state index contributed by atoms with van der Waals surface area (Å²) in [5.74, 6) is 1.45. The Balaban J connectivity index is 1.56. The Hall–Kier alpha value is -3.01. The summed E-state index contributed by atoms with van der Waals surface area (Å²) in [6, 6.07) is 1.01. The Kier molecular flexibility index (Phi) is 5.60. The third kappa shape index (κ3) is 3.30. The van der Waals surface area contributed by atoms with Gasteiger partial charge < -0.3 is 30.1 Å². The number of phenolic OH excluding ortho intramolecular Hbond substituents is 2. The van der Waals surface area contributed by atoms with Crippen LogP contribution in [0.3, 0.4) is 0 Å². The summed E-state index contributed by atoms with van der Waals surface area (Å²) in [4.78, 5) is 16.6. The van der Waals surface area contributed by atoms with E-state index in [0.29, 0.717) is 42.1 Å². The SMILES string of the molecule is CCC(=O)NC[C@H]1c2c(c(O)c(C)c3c2OCO3)CC2[C@H]3c4c(cc(C)c(C)c4O)C[C@@H]([C@H](O)N21)N3C. The van der Waals surface area contributed by atoms with Crippen molar-refractivity contribution >= 4 is 5.91 Å². The number of ether oxygens (including phenoxy) is 2. The minimum absolute atomic E-state index is 0.0555. The van der Waals surface area contributed by atoms with Crippen molar-refractivity contribution in [2.45, 2.75) is 77.4 Å². The van der Waals surface area contributed by atoms with Crippen molar-refractivity contribution in [1.82, 2.24) is 15.1 Å². The van der Waals surface area contributed by atoms with Crippen molar-refractivity contribution in [2.75, 3.05) is 20.4 Å². The Morgan fingerprint density at radius 1 is 1.05 bits per heavy atom. The summed E-state index contributed by atoms with van der Waals surface area (Å²) >= 11 is 0. The first-order chi connectivity index (χ1) is 17.6. The molecule has 0 aromatic heterocycles. The van der Waals surface area contributed by atoms with Gasteiger partial charge in [-0.25, -0.2) is 0 Å². The van der Waals surface area contributed by atoms with Crippen LogP contribution in [0.15, 0.2) is 6.07 Å². The lowest BCUT2D eigenvalue weighted by Crippen LogP contribution is -2.69. The molecule has 6 rings (SSSR count). The molecule has 2 aromatic carbocycles. The number of amides is 1. The molecule has 9 heteroatoms. The number of piperazine rings is 1. The summed E-state index contributed by atoms with van der Waals surface area (Å²) in [6.07, 6.45) is 0.554. The molecule has 0 saturated carbocycles. The standard InChI is InChI=1S/C28H35N3O6/c1-6-20(32)29-10-19-22-16(24(33)14(4)26-27(22)37-11-36-26)9-17-23-21-15(7-12(2)13(3)25(21)34)8-18(30(23)5)28(35)31(17)19/h7,17-19,23,28,33-35H,6,8-11H2,1-5H3,(H,29,32)/t17?,18-,19-,23-,28-/m0/s1. The second-order valence-electron chi connectivity index (χ2n) is 10.9. The lowest BCUT2D eigenvalue weighted by atomic mass is 9.73. The van der Waals surface area contributed by atoms with Crippen molar-refractivity contribution < 1.29 is 29.6 Å². The molecule has 9 nitrogen and oxygen atoms in total. The van der Waals surface area contributed by atoms with Gasteiger partial charge in [0, 0.05) is 41.3 Å². The van der Waals surface area contributed by atoms with Crippen LogP contribution in [0.1, 0.15) is 64.4 Å². The number of carbonyl (C=O) groups is 1. The molecule has 198 valence electrons. The van der Waals surface area contributed by atoms with Gasteiger partial charge in [-0.1, -0.05) is 13.0 Å². The molecule has 4 aliphatic rings. The van der Waals surface area contributed by atoms with Crippen molar-refractivity contribution in [1.29, 1.82) is 0 Å². The summed E-state index contributed by atoms with van der Waals surface area (Å²) in [5, 5.41) is 37.6. The molecular weight excluding hydrogens is 474 g/mol. The number of fused-ring (bicyclic) bond motifs is 9. The largest absolute Gasteiger partial charge is 0.507 e. The van der Waals surface area contributed by atoms with E-state index in [1.165, 1.54) is 0 Å². The monoisotopic (exact) mass is 509 g/mol. The number of nitrogens with one attached hydrogen (secondary N) is 1. The van der Waals surface area contributed by atoms with Crippen LogP contribution in [0.4, 0.5) is 0 Å². The number of benzene rings is 2. The van der Waals surface area contributed by atoms with Crippen LogP contribution in [0.5, 0.6) is 23.0 Å². The number of phenols is 2. The molecular formula is C28H35N3O6. The van der Waals surface area contributed by atoms with Gasteiger partial charge in [-0.2, -0.15) is 0 Å². The Morgan fingerprint density at radius 2 is 1.78 bits per heavy atom. The molecule has 5 atom stereocenters. The summed E-state index contributed by atoms with van der Waals surface area (Å²) < 4.78 is 11.6. The fourth-order valence-corrected chi connectivity index (χ4v) is 7.05. The van der Waals surface area contributed by atoms with Crippen LogP contribution < -0.4 is 14.8 Å². The van der Waals surface area contributed by atoms with Gasteiger partial charge in [-0.3, -0.25) is 14.6 Å². The zero-order valence-electron chi connectivity index (χ0n) is 22.0. The number of hydrogen-bond acceptors (Lipinski definition) is 8. The van der Waals surface area contributed by atoms with Gasteiger partial charge in [0.25, 0.3) is 0 Å². The minimum Gasteiger partial charge on any atom is -0.507 e. The molecule has 2 aromatic rings. The Labute approximate surface area is 216 Å². The number of aryl methyl sites for hydroxylation is 1. The number of aliphatic hydroxyl groups is 1. The van der Waals surface area contributed by atoms with Crippen molar-refractivity contribution in [3.63, 3.8) is 0 Å². The van der Waals surface area contributed by atoms with E-state index in [4.69, 9.17) is 9.47 Å². The molecule has 4 heterocycles. The van der Waals surface area contributed by atoms with E-state index in [1.807, 2.05) is 27.8 Å². The number of hydrogen-bond donors (Lipinski definition) is 4. The van der Waals surface area contributed by atoms with Crippen LogP contribution in [0.25, 0.3) is 0 Å². The van der Waals surface area contributed by atoms with Crippen molar-refractivity contribution in [3.05, 3.63) is 45.0 Å². The Bertz CT molecular complexity index is 1310. The molecule has 4 N–H and O–H groups in total. The average Bonchev–Trinajstić information content (AvgIpc) is 3.37. The van der Waals surface area contributed by atoms with E-state index in [2.05, 4.69) is 21.2 Å². The summed E-state index contributed by atoms with van der Waals surface area (Å²) in [7, 11) is 2.00. The third-order valence-electron chi connectivity index (χ3n) is 9.11. The molecule has 2 bridgehead atoms. The fourth-order valence-electron chi connectivity index (χ4n) is 7.05. The van der Waals surface area contributed by atoms with E-state index in [1.54, 1.807) is 6.92 Å². The maximum atomic E-state index is 12.3. The average molecular weight is 510 g/mol. The number of carbonyl (C=O) groups excluding carboxylic acids is 1. The van der Waals surface area contributed by atoms with Gasteiger partial charge in [-0.15, -0.1) is 0 Å². The highest BCUT2D eigenvalue weighted by Gasteiger charge is 2.56. The van der Waals surface area contributed by atoms with Crippen LogP contribution in [0.2, 0.25) is 0 Å². The van der Waals surface area contributed by atoms with E-state index >= 15 is 0 Å². The van der Waals surface area contributed by atoms with E-state index < -0.39 is 12.3 Å². The summed E-state index contributed by atoms with van der Waals surface area (Å²) in [6.45, 7) is 7.85. The Morgan fingerprint density at radius 3 is 2.51 bits per heavy atom. The quantitative estimate of drug-likeness (QED) is 0.499. The third-order valence-corrected chi connectivity index (χ3v) is 9.11. The summed E-state index contributed by atoms with van der Waals surface area (Å²) in [5.41, 5.74) is 5.95. The second kappa shape index (κ2) is 8.51. The number of nitrogens with zero attached hydrogens (tertiary/aromatic N) is 2.